The normalized spacial score (nSPS) is 15.2. The van der Waals surface area contributed by atoms with Gasteiger partial charge in [0.1, 0.15) is 5.73 Å². The van der Waals surface area contributed by atoms with Crippen LogP contribution in [-0.4, -0.2) is 22.5 Å². The number of ether oxygens (including phenoxy) is 1. The van der Waals surface area contributed by atoms with Gasteiger partial charge < -0.3 is 9.16 Å². The fourth-order valence-electron chi connectivity index (χ4n) is 3.80. The minimum absolute atomic E-state index is 0.0219. The average molecular weight is 295 g/mol. The van der Waals surface area contributed by atoms with Crippen LogP contribution in [0.2, 0.25) is 10.1 Å². The predicted molar refractivity (Wildman–Crippen MR) is 88.4 cm³/mol. The molecule has 0 saturated carbocycles. The lowest BCUT2D eigenvalue weighted by Gasteiger charge is -2.53. The van der Waals surface area contributed by atoms with Crippen molar-refractivity contribution in [1.29, 1.82) is 0 Å². The molecule has 0 aliphatic carbocycles. The van der Waals surface area contributed by atoms with E-state index in [9.17, 15) is 0 Å². The zero-order valence-electron chi connectivity index (χ0n) is 14.3. The van der Waals surface area contributed by atoms with Crippen molar-refractivity contribution < 1.29 is 9.16 Å². The molecule has 1 rings (SSSR count). The van der Waals surface area contributed by atoms with Gasteiger partial charge in [-0.25, -0.2) is 0 Å². The fourth-order valence-corrected chi connectivity index (χ4v) is 10.1. The molecule has 0 bridgehead atoms. The third-order valence-corrected chi connectivity index (χ3v) is 10.7. The van der Waals surface area contributed by atoms with Gasteiger partial charge in [-0.05, 0) is 15.6 Å². The van der Waals surface area contributed by atoms with E-state index in [1.165, 1.54) is 5.56 Å². The molecule has 0 saturated heterocycles. The zero-order valence-corrected chi connectivity index (χ0v) is 15.3. The second-order valence-electron chi connectivity index (χ2n) is 7.47. The van der Waals surface area contributed by atoms with E-state index in [1.54, 1.807) is 7.11 Å². The highest BCUT2D eigenvalue weighted by Crippen LogP contribution is 2.57. The van der Waals surface area contributed by atoms with Gasteiger partial charge >= 0.3 is 0 Å². The number of rotatable bonds is 4. The summed E-state index contributed by atoms with van der Waals surface area (Å²) < 4.78 is 12.3. The highest BCUT2D eigenvalue weighted by Gasteiger charge is 2.60. The first-order valence-electron chi connectivity index (χ1n) is 7.24. The Morgan fingerprint density at radius 3 is 1.60 bits per heavy atom. The molecule has 0 aromatic heterocycles. The first kappa shape index (κ1) is 17.4. The maximum Gasteiger partial charge on any atom is 0.235 e. The molecular formula is C17H30O2Si. The van der Waals surface area contributed by atoms with Crippen LogP contribution >= 0.6 is 0 Å². The molecule has 114 valence electrons. The van der Waals surface area contributed by atoms with Crippen LogP contribution < -0.4 is 0 Å². The molecule has 0 heterocycles. The van der Waals surface area contributed by atoms with E-state index in [-0.39, 0.29) is 15.8 Å². The van der Waals surface area contributed by atoms with Crippen LogP contribution in [0.1, 0.15) is 52.8 Å². The van der Waals surface area contributed by atoms with E-state index in [0.717, 1.165) is 0 Å². The summed E-state index contributed by atoms with van der Waals surface area (Å²) in [6.07, 6.45) is 0. The summed E-state index contributed by atoms with van der Waals surface area (Å²) in [6, 6.07) is 10.5. The third-order valence-electron chi connectivity index (χ3n) is 4.26. The number of methoxy groups -OCH3 is 1. The van der Waals surface area contributed by atoms with Gasteiger partial charge in [0.05, 0.1) is 0 Å². The van der Waals surface area contributed by atoms with Gasteiger partial charge in [-0.1, -0.05) is 71.9 Å². The van der Waals surface area contributed by atoms with E-state index in [1.807, 2.05) is 13.2 Å². The van der Waals surface area contributed by atoms with Crippen LogP contribution in [0, 0.1) is 0 Å². The van der Waals surface area contributed by atoms with Gasteiger partial charge in [-0.2, -0.15) is 0 Å². The maximum absolute atomic E-state index is 6.29. The lowest BCUT2D eigenvalue weighted by Crippen LogP contribution is -2.59. The molecule has 1 unspecified atom stereocenters. The molecule has 2 nitrogen and oxygen atoms in total. The van der Waals surface area contributed by atoms with Crippen molar-refractivity contribution in [3.05, 3.63) is 35.9 Å². The van der Waals surface area contributed by atoms with Gasteiger partial charge in [-0.15, -0.1) is 0 Å². The molecule has 0 aliphatic heterocycles. The molecule has 0 aliphatic rings. The Hall–Kier alpha value is -0.643. The Bertz CT molecular complexity index is 401. The summed E-state index contributed by atoms with van der Waals surface area (Å²) in [5.74, 6) is 0. The van der Waals surface area contributed by atoms with Crippen LogP contribution in [0.15, 0.2) is 30.3 Å². The fraction of sp³-hybridized carbons (Fsp3) is 0.647. The van der Waals surface area contributed by atoms with Gasteiger partial charge in [0.15, 0.2) is 0 Å². The summed E-state index contributed by atoms with van der Waals surface area (Å²) in [4.78, 5) is 0. The highest BCUT2D eigenvalue weighted by molar-refractivity contribution is 6.80. The summed E-state index contributed by atoms with van der Waals surface area (Å²) in [5, 5.41) is 0.132. The molecule has 20 heavy (non-hydrogen) atoms. The third kappa shape index (κ3) is 2.85. The van der Waals surface area contributed by atoms with Crippen molar-refractivity contribution in [2.24, 2.45) is 0 Å². The van der Waals surface area contributed by atoms with Crippen LogP contribution in [0.4, 0.5) is 0 Å². The van der Waals surface area contributed by atoms with Crippen molar-refractivity contribution in [2.75, 3.05) is 14.2 Å². The molecule has 1 aromatic carbocycles. The molecule has 1 aromatic rings. The summed E-state index contributed by atoms with van der Waals surface area (Å²) >= 11 is 0. The minimum atomic E-state index is -2.27. The van der Waals surface area contributed by atoms with Crippen molar-refractivity contribution in [2.45, 2.75) is 57.3 Å². The Kier molecular flexibility index (Phi) is 5.22. The van der Waals surface area contributed by atoms with Gasteiger partial charge in [0, 0.05) is 14.2 Å². The Balaban J connectivity index is 3.50. The first-order chi connectivity index (χ1) is 9.11. The van der Waals surface area contributed by atoms with Crippen molar-refractivity contribution in [3.63, 3.8) is 0 Å². The molecular weight excluding hydrogens is 264 g/mol. The summed E-state index contributed by atoms with van der Waals surface area (Å²) in [6.45, 7) is 13.7. The standard InChI is InChI=1S/C17H30O2Si/c1-16(2,3)20(19-8,17(4,5)6)15(18-7)14-12-10-9-11-13-14/h9-13,15H,1-8H3. The summed E-state index contributed by atoms with van der Waals surface area (Å²) in [5.41, 5.74) is 1.24. The van der Waals surface area contributed by atoms with Crippen LogP contribution in [0.5, 0.6) is 0 Å². The van der Waals surface area contributed by atoms with Crippen molar-refractivity contribution >= 4 is 8.32 Å². The quantitative estimate of drug-likeness (QED) is 0.719. The Morgan fingerprint density at radius 2 is 1.30 bits per heavy atom. The second-order valence-corrected chi connectivity index (χ2v) is 12.9. The topological polar surface area (TPSA) is 18.5 Å². The first-order valence-corrected chi connectivity index (χ1v) is 9.23. The monoisotopic (exact) mass is 294 g/mol. The van der Waals surface area contributed by atoms with E-state index in [2.05, 4.69) is 65.8 Å². The number of hydrogen-bond acceptors (Lipinski definition) is 2. The van der Waals surface area contributed by atoms with Gasteiger partial charge in [0.2, 0.25) is 8.32 Å². The molecule has 1 atom stereocenters. The summed E-state index contributed by atoms with van der Waals surface area (Å²) in [7, 11) is 1.40. The molecule has 0 fully saturated rings. The van der Waals surface area contributed by atoms with Gasteiger partial charge in [-0.3, -0.25) is 0 Å². The lowest BCUT2D eigenvalue weighted by atomic mass is 10.2. The van der Waals surface area contributed by atoms with Crippen molar-refractivity contribution in [1.82, 2.24) is 0 Å². The van der Waals surface area contributed by atoms with Crippen LogP contribution in [-0.2, 0) is 9.16 Å². The largest absolute Gasteiger partial charge is 0.416 e. The van der Waals surface area contributed by atoms with E-state index < -0.39 is 8.32 Å². The minimum Gasteiger partial charge on any atom is -0.416 e. The predicted octanol–water partition coefficient (Wildman–Crippen LogP) is 5.11. The zero-order chi connectivity index (χ0) is 15.6. The van der Waals surface area contributed by atoms with Crippen molar-refractivity contribution in [3.8, 4) is 0 Å². The smallest absolute Gasteiger partial charge is 0.235 e. The SMILES string of the molecule is COC(c1ccccc1)[Si](OC)(C(C)(C)C)C(C)(C)C. The maximum atomic E-state index is 6.29. The van der Waals surface area contributed by atoms with E-state index in [4.69, 9.17) is 9.16 Å². The van der Waals surface area contributed by atoms with E-state index in [0.29, 0.717) is 0 Å². The van der Waals surface area contributed by atoms with Crippen LogP contribution in [0.3, 0.4) is 0 Å². The molecule has 0 spiro atoms. The van der Waals surface area contributed by atoms with Gasteiger partial charge in [0.25, 0.3) is 0 Å². The van der Waals surface area contributed by atoms with Crippen LogP contribution in [0.25, 0.3) is 0 Å². The average Bonchev–Trinajstić information content (AvgIpc) is 2.33. The second kappa shape index (κ2) is 6.00. The Morgan fingerprint density at radius 1 is 0.850 bits per heavy atom. The highest BCUT2D eigenvalue weighted by atomic mass is 28.4. The molecule has 0 N–H and O–H groups in total. The molecule has 0 amide bonds. The number of hydrogen-bond donors (Lipinski definition) is 0. The molecule has 0 radical (unpaired) electrons. The lowest BCUT2D eigenvalue weighted by molar-refractivity contribution is 0.120. The molecule has 3 heteroatoms. The Labute approximate surface area is 125 Å². The van der Waals surface area contributed by atoms with E-state index >= 15 is 0 Å². The number of benzene rings is 1.